The minimum absolute atomic E-state index is 0. The first-order valence-electron chi connectivity index (χ1n) is 7.94. The van der Waals surface area contributed by atoms with Crippen molar-refractivity contribution >= 4 is 24.1 Å². The summed E-state index contributed by atoms with van der Waals surface area (Å²) in [5.74, 6) is 0.773. The average Bonchev–Trinajstić information content (AvgIpc) is 2.84. The lowest BCUT2D eigenvalue weighted by atomic mass is 9.61. The molecule has 1 aliphatic carbocycles. The molecule has 1 aromatic heterocycles. The normalized spacial score (nSPS) is 32.3. The lowest BCUT2D eigenvalue weighted by molar-refractivity contribution is -0.137. The molecule has 2 bridgehead atoms. The van der Waals surface area contributed by atoms with Gasteiger partial charge in [-0.3, -0.25) is 9.69 Å². The molecule has 24 heavy (non-hydrogen) atoms. The molecule has 3 atom stereocenters. The van der Waals surface area contributed by atoms with E-state index in [4.69, 9.17) is 0 Å². The zero-order valence-corrected chi connectivity index (χ0v) is 13.8. The van der Waals surface area contributed by atoms with Gasteiger partial charge in [0.25, 0.3) is 0 Å². The second kappa shape index (κ2) is 5.88. The molecule has 0 aromatic carbocycles. The third kappa shape index (κ3) is 2.77. The van der Waals surface area contributed by atoms with E-state index in [9.17, 15) is 18.0 Å². The van der Waals surface area contributed by atoms with Crippen LogP contribution in [0.1, 0.15) is 31.2 Å². The van der Waals surface area contributed by atoms with Gasteiger partial charge < -0.3 is 5.32 Å². The maximum Gasteiger partial charge on any atom is 0.417 e. The zero-order chi connectivity index (χ0) is 16.2. The highest BCUT2D eigenvalue weighted by Gasteiger charge is 2.54. The Kier molecular flexibility index (Phi) is 4.28. The average molecular weight is 362 g/mol. The summed E-state index contributed by atoms with van der Waals surface area (Å²) < 4.78 is 37.9. The number of hydrogen-bond donors (Lipinski definition) is 1. The highest BCUT2D eigenvalue weighted by Crippen LogP contribution is 2.51. The molecule has 1 saturated carbocycles. The van der Waals surface area contributed by atoms with Crippen molar-refractivity contribution in [3.8, 4) is 0 Å². The minimum atomic E-state index is -4.41. The third-order valence-corrected chi connectivity index (χ3v) is 5.66. The highest BCUT2D eigenvalue weighted by atomic mass is 35.5. The number of carbonyl (C=O) groups is 1. The number of halogens is 4. The summed E-state index contributed by atoms with van der Waals surface area (Å²) in [4.78, 5) is 17.9. The van der Waals surface area contributed by atoms with E-state index in [-0.39, 0.29) is 23.7 Å². The van der Waals surface area contributed by atoms with Gasteiger partial charge in [0.1, 0.15) is 5.82 Å². The Balaban J connectivity index is 0.00000169. The molecule has 1 spiro atoms. The van der Waals surface area contributed by atoms with Gasteiger partial charge in [-0.05, 0) is 43.9 Å². The Morgan fingerprint density at radius 2 is 2.08 bits per heavy atom. The van der Waals surface area contributed by atoms with Crippen LogP contribution in [-0.4, -0.2) is 30.0 Å². The van der Waals surface area contributed by atoms with Gasteiger partial charge in [-0.25, -0.2) is 4.98 Å². The predicted octanol–water partition coefficient (Wildman–Crippen LogP) is 3.02. The van der Waals surface area contributed by atoms with Crippen molar-refractivity contribution in [1.82, 2.24) is 10.3 Å². The molecule has 0 radical (unpaired) electrons. The number of piperidine rings is 2. The summed E-state index contributed by atoms with van der Waals surface area (Å²) in [6, 6.07) is 2.77. The number of carbonyl (C=O) groups excluding carboxylic acids is 1. The molecule has 3 aliphatic heterocycles. The molecular formula is C16H19ClF3N3O. The van der Waals surface area contributed by atoms with Crippen LogP contribution in [0.25, 0.3) is 0 Å². The number of anilines is 1. The Labute approximate surface area is 144 Å². The van der Waals surface area contributed by atoms with Crippen molar-refractivity contribution in [2.24, 2.45) is 11.3 Å². The minimum Gasteiger partial charge on any atom is -0.314 e. The van der Waals surface area contributed by atoms with E-state index in [1.165, 1.54) is 6.07 Å². The van der Waals surface area contributed by atoms with Crippen molar-refractivity contribution in [1.29, 1.82) is 0 Å². The van der Waals surface area contributed by atoms with Crippen LogP contribution in [0.4, 0.5) is 19.0 Å². The molecule has 2 unspecified atom stereocenters. The fourth-order valence-electron chi connectivity index (χ4n) is 4.46. The van der Waals surface area contributed by atoms with Crippen molar-refractivity contribution < 1.29 is 18.0 Å². The lowest BCUT2D eigenvalue weighted by Gasteiger charge is -2.50. The second-order valence-electron chi connectivity index (χ2n) is 7.01. The Hall–Kier alpha value is -1.34. The number of amides is 1. The molecule has 1 amide bonds. The van der Waals surface area contributed by atoms with Crippen molar-refractivity contribution in [2.45, 2.75) is 37.9 Å². The zero-order valence-electron chi connectivity index (χ0n) is 13.0. The maximum atomic E-state index is 12.6. The van der Waals surface area contributed by atoms with E-state index in [2.05, 4.69) is 10.3 Å². The molecule has 1 aromatic rings. The van der Waals surface area contributed by atoms with Gasteiger partial charge in [0.15, 0.2) is 0 Å². The summed E-state index contributed by atoms with van der Waals surface area (Å²) in [7, 11) is 0. The Bertz CT molecular complexity index is 628. The van der Waals surface area contributed by atoms with Crippen LogP contribution in [0.15, 0.2) is 18.3 Å². The van der Waals surface area contributed by atoms with Crippen LogP contribution in [0.2, 0.25) is 0 Å². The number of aromatic nitrogens is 1. The molecule has 8 heteroatoms. The molecule has 1 N–H and O–H groups in total. The van der Waals surface area contributed by atoms with Gasteiger partial charge in [0, 0.05) is 30.6 Å². The van der Waals surface area contributed by atoms with Crippen LogP contribution < -0.4 is 10.2 Å². The van der Waals surface area contributed by atoms with Crippen LogP contribution in [0.3, 0.4) is 0 Å². The van der Waals surface area contributed by atoms with Gasteiger partial charge in [-0.2, -0.15) is 13.2 Å². The maximum absolute atomic E-state index is 12.6. The van der Waals surface area contributed by atoms with Gasteiger partial charge in [0.05, 0.1) is 5.56 Å². The summed E-state index contributed by atoms with van der Waals surface area (Å²) in [5, 5.41) is 3.49. The van der Waals surface area contributed by atoms with E-state index in [0.29, 0.717) is 30.7 Å². The molecular weight excluding hydrogens is 343 g/mol. The number of rotatable bonds is 1. The van der Waals surface area contributed by atoms with Crippen LogP contribution in [-0.2, 0) is 11.0 Å². The van der Waals surface area contributed by atoms with Gasteiger partial charge in [0.2, 0.25) is 5.91 Å². The fraction of sp³-hybridized carbons (Fsp3) is 0.625. The Morgan fingerprint density at radius 1 is 1.29 bits per heavy atom. The van der Waals surface area contributed by atoms with Crippen molar-refractivity contribution in [3.05, 3.63) is 23.9 Å². The summed E-state index contributed by atoms with van der Waals surface area (Å²) in [5.41, 5.74) is -0.821. The number of nitrogens with one attached hydrogen (secondary N) is 1. The molecule has 4 aliphatic rings. The standard InChI is InChI=1S/C16H18F3N3O.ClH/c17-16(18,19)11-2-4-13(21-8-11)22-9-15(6-14(22)23)5-12-3-1-10(15)7-20-12;/h2,4,8,10,12,20H,1,3,5-7,9H2;1H/t10?,12?,15-;/m0./s1. The van der Waals surface area contributed by atoms with Gasteiger partial charge in [-0.1, -0.05) is 0 Å². The first-order valence-corrected chi connectivity index (χ1v) is 7.94. The first-order chi connectivity index (χ1) is 10.9. The summed E-state index contributed by atoms with van der Waals surface area (Å²) in [6.07, 6.45) is 0.135. The van der Waals surface area contributed by atoms with E-state index < -0.39 is 11.7 Å². The molecule has 3 saturated heterocycles. The molecule has 4 nitrogen and oxygen atoms in total. The monoisotopic (exact) mass is 361 g/mol. The molecule has 4 fully saturated rings. The number of nitrogens with zero attached hydrogens (tertiary/aromatic N) is 2. The number of fused-ring (bicyclic) bond motifs is 2. The molecule has 132 valence electrons. The van der Waals surface area contributed by atoms with Crippen LogP contribution >= 0.6 is 12.4 Å². The largest absolute Gasteiger partial charge is 0.417 e. The first kappa shape index (κ1) is 17.5. The van der Waals surface area contributed by atoms with Crippen LogP contribution in [0.5, 0.6) is 0 Å². The van der Waals surface area contributed by atoms with E-state index >= 15 is 0 Å². The Morgan fingerprint density at radius 3 is 2.58 bits per heavy atom. The SMILES string of the molecule is Cl.O=C1C[C@@]2(CC3CCC2CN3)CN1c1ccc(C(F)(F)F)cn1. The summed E-state index contributed by atoms with van der Waals surface area (Å²) >= 11 is 0. The van der Waals surface area contributed by atoms with Gasteiger partial charge >= 0.3 is 6.18 Å². The molecule has 5 rings (SSSR count). The number of pyridine rings is 1. The topological polar surface area (TPSA) is 45.2 Å². The lowest BCUT2D eigenvalue weighted by Crippen LogP contribution is -2.55. The third-order valence-electron chi connectivity index (χ3n) is 5.66. The predicted molar refractivity (Wildman–Crippen MR) is 85.0 cm³/mol. The smallest absolute Gasteiger partial charge is 0.314 e. The number of alkyl halides is 3. The van der Waals surface area contributed by atoms with E-state index in [0.717, 1.165) is 38.1 Å². The quantitative estimate of drug-likeness (QED) is 0.836. The summed E-state index contributed by atoms with van der Waals surface area (Å²) in [6.45, 7) is 1.51. The van der Waals surface area contributed by atoms with E-state index in [1.807, 2.05) is 0 Å². The van der Waals surface area contributed by atoms with Gasteiger partial charge in [-0.15, -0.1) is 12.4 Å². The molecule has 4 heterocycles. The van der Waals surface area contributed by atoms with E-state index in [1.54, 1.807) is 4.90 Å². The van der Waals surface area contributed by atoms with Crippen molar-refractivity contribution in [2.75, 3.05) is 18.0 Å². The second-order valence-corrected chi connectivity index (χ2v) is 7.01. The number of hydrogen-bond acceptors (Lipinski definition) is 3. The van der Waals surface area contributed by atoms with Crippen molar-refractivity contribution in [3.63, 3.8) is 0 Å². The van der Waals surface area contributed by atoms with Crippen LogP contribution in [0, 0.1) is 11.3 Å². The highest BCUT2D eigenvalue weighted by molar-refractivity contribution is 5.95. The fourth-order valence-corrected chi connectivity index (χ4v) is 4.46.